The largest absolute Gasteiger partial charge is 0.305 e. The van der Waals surface area contributed by atoms with E-state index in [2.05, 4.69) is 32.0 Å². The van der Waals surface area contributed by atoms with Crippen molar-refractivity contribution in [2.24, 2.45) is 5.41 Å². The van der Waals surface area contributed by atoms with Gasteiger partial charge in [0.05, 0.1) is 0 Å². The van der Waals surface area contributed by atoms with E-state index >= 15 is 0 Å². The van der Waals surface area contributed by atoms with Crippen LogP contribution in [0.1, 0.15) is 23.1 Å². The Morgan fingerprint density at radius 3 is 2.83 bits per heavy atom. The molecule has 1 atom stereocenters. The molecule has 4 rings (SSSR count). The first-order valence-corrected chi connectivity index (χ1v) is 8.57. The lowest BCUT2D eigenvalue weighted by atomic mass is 9.71. The average Bonchev–Trinajstić information content (AvgIpc) is 3.05. The lowest BCUT2D eigenvalue weighted by Crippen LogP contribution is -2.59. The minimum absolute atomic E-state index is 0.204. The average molecular weight is 350 g/mol. The third-order valence-electron chi connectivity index (χ3n) is 5.23. The first-order valence-electron chi connectivity index (χ1n) is 8.19. The van der Waals surface area contributed by atoms with E-state index in [1.54, 1.807) is 6.07 Å². The topological polar surface area (TPSA) is 48.1 Å². The summed E-state index contributed by atoms with van der Waals surface area (Å²) in [6.45, 7) is 6.71. The molecule has 1 aromatic carbocycles. The van der Waals surface area contributed by atoms with Crippen molar-refractivity contribution in [2.45, 2.75) is 19.4 Å². The van der Waals surface area contributed by atoms with Crippen LogP contribution in [-0.2, 0) is 6.54 Å². The summed E-state index contributed by atoms with van der Waals surface area (Å²) in [6, 6.07) is 4.63. The number of aromatic amines is 1. The Labute approximate surface area is 145 Å². The molecule has 128 valence electrons. The summed E-state index contributed by atoms with van der Waals surface area (Å²) < 4.78 is 13.2. The van der Waals surface area contributed by atoms with Crippen molar-refractivity contribution in [2.75, 3.05) is 33.2 Å². The summed E-state index contributed by atoms with van der Waals surface area (Å²) in [5.41, 5.74) is 1.18. The Bertz CT molecular complexity index is 755. The van der Waals surface area contributed by atoms with Crippen molar-refractivity contribution in [1.29, 1.82) is 0 Å². The number of H-pyrrole nitrogens is 1. The second-order valence-electron chi connectivity index (χ2n) is 7.27. The normalized spacial score (nSPS) is 23.8. The highest BCUT2D eigenvalue weighted by molar-refractivity contribution is 6.31. The van der Waals surface area contributed by atoms with Crippen molar-refractivity contribution >= 4 is 11.6 Å². The van der Waals surface area contributed by atoms with E-state index < -0.39 is 0 Å². The van der Waals surface area contributed by atoms with Crippen LogP contribution in [0.15, 0.2) is 18.2 Å². The van der Waals surface area contributed by atoms with Crippen molar-refractivity contribution in [3.05, 3.63) is 46.3 Å². The van der Waals surface area contributed by atoms with Gasteiger partial charge in [0, 0.05) is 49.1 Å². The number of rotatable bonds is 3. The van der Waals surface area contributed by atoms with Crippen LogP contribution in [0.5, 0.6) is 0 Å². The molecule has 5 nitrogen and oxygen atoms in total. The third kappa shape index (κ3) is 2.72. The van der Waals surface area contributed by atoms with E-state index in [-0.39, 0.29) is 11.2 Å². The van der Waals surface area contributed by atoms with Crippen LogP contribution in [0.2, 0.25) is 5.02 Å². The van der Waals surface area contributed by atoms with Crippen LogP contribution in [0.3, 0.4) is 0 Å². The number of nitrogens with one attached hydrogen (secondary N) is 1. The molecule has 0 radical (unpaired) electrons. The second kappa shape index (κ2) is 5.79. The summed E-state index contributed by atoms with van der Waals surface area (Å²) in [5.74, 6) is 1.86. The van der Waals surface area contributed by atoms with Gasteiger partial charge >= 0.3 is 0 Å². The zero-order chi connectivity index (χ0) is 16.9. The molecule has 1 unspecified atom stereocenters. The maximum atomic E-state index is 13.2. The molecule has 2 aliphatic heterocycles. The number of nitrogens with zero attached hydrogens (tertiary/aromatic N) is 4. The van der Waals surface area contributed by atoms with Crippen molar-refractivity contribution in [1.82, 2.24) is 25.0 Å². The molecule has 0 aliphatic carbocycles. The molecule has 7 heteroatoms. The summed E-state index contributed by atoms with van der Waals surface area (Å²) in [4.78, 5) is 9.29. The molecular weight excluding hydrogens is 329 g/mol. The van der Waals surface area contributed by atoms with Crippen LogP contribution in [-0.4, -0.2) is 58.2 Å². The van der Waals surface area contributed by atoms with Crippen LogP contribution in [0.25, 0.3) is 0 Å². The standard InChI is InChI=1S/C17H21ClFN5/c1-11-20-16(22-21-11)14-7-23(2)8-17(14)9-24(10-17)6-12-3-4-13(19)5-15(12)18/h3-5,14H,6-10H2,1-2H3,(H,20,21,22). The molecule has 3 heterocycles. The van der Waals surface area contributed by atoms with E-state index in [0.29, 0.717) is 10.9 Å². The van der Waals surface area contributed by atoms with Gasteiger partial charge in [0.15, 0.2) is 5.82 Å². The molecule has 2 aliphatic rings. The minimum Gasteiger partial charge on any atom is -0.305 e. The summed E-state index contributed by atoms with van der Waals surface area (Å²) >= 11 is 6.16. The first-order chi connectivity index (χ1) is 11.4. The molecule has 24 heavy (non-hydrogen) atoms. The minimum atomic E-state index is -0.290. The van der Waals surface area contributed by atoms with Gasteiger partial charge in [-0.3, -0.25) is 10.00 Å². The van der Waals surface area contributed by atoms with Gasteiger partial charge in [0.1, 0.15) is 11.6 Å². The van der Waals surface area contributed by atoms with E-state index in [9.17, 15) is 4.39 Å². The van der Waals surface area contributed by atoms with Gasteiger partial charge < -0.3 is 4.90 Å². The maximum Gasteiger partial charge on any atom is 0.155 e. The lowest BCUT2D eigenvalue weighted by Gasteiger charge is -2.50. The smallest absolute Gasteiger partial charge is 0.155 e. The molecule has 2 fully saturated rings. The number of aryl methyl sites for hydroxylation is 1. The van der Waals surface area contributed by atoms with Crippen molar-refractivity contribution in [3.8, 4) is 0 Å². The molecule has 2 saturated heterocycles. The van der Waals surface area contributed by atoms with E-state index in [1.807, 2.05) is 6.92 Å². The van der Waals surface area contributed by atoms with Gasteiger partial charge in [-0.05, 0) is 31.7 Å². The zero-order valence-electron chi connectivity index (χ0n) is 13.9. The molecule has 1 spiro atoms. The van der Waals surface area contributed by atoms with E-state index in [4.69, 9.17) is 11.6 Å². The fraction of sp³-hybridized carbons (Fsp3) is 0.529. The van der Waals surface area contributed by atoms with Gasteiger partial charge in [-0.2, -0.15) is 5.10 Å². The maximum absolute atomic E-state index is 13.2. The van der Waals surface area contributed by atoms with Gasteiger partial charge in [0.2, 0.25) is 0 Å². The Morgan fingerprint density at radius 2 is 2.17 bits per heavy atom. The monoisotopic (exact) mass is 349 g/mol. The number of likely N-dealkylation sites (tertiary alicyclic amines) is 2. The molecule has 0 bridgehead atoms. The van der Waals surface area contributed by atoms with Crippen molar-refractivity contribution in [3.63, 3.8) is 0 Å². The molecule has 0 saturated carbocycles. The van der Waals surface area contributed by atoms with E-state index in [0.717, 1.165) is 49.9 Å². The van der Waals surface area contributed by atoms with Gasteiger partial charge in [-0.15, -0.1) is 0 Å². The lowest BCUT2D eigenvalue weighted by molar-refractivity contribution is -0.00941. The molecule has 2 aromatic rings. The molecular formula is C17H21ClFN5. The second-order valence-corrected chi connectivity index (χ2v) is 7.68. The number of likely N-dealkylation sites (N-methyl/N-ethyl adjacent to an activating group) is 1. The fourth-order valence-electron chi connectivity index (χ4n) is 4.26. The first kappa shape index (κ1) is 16.0. The highest BCUT2D eigenvalue weighted by atomic mass is 35.5. The molecule has 1 N–H and O–H groups in total. The van der Waals surface area contributed by atoms with Crippen LogP contribution < -0.4 is 0 Å². The van der Waals surface area contributed by atoms with Gasteiger partial charge in [0.25, 0.3) is 0 Å². The predicted octanol–water partition coefficient (Wildman–Crippen LogP) is 2.44. The Kier molecular flexibility index (Phi) is 3.86. The number of hydrogen-bond donors (Lipinski definition) is 1. The highest BCUT2D eigenvalue weighted by Gasteiger charge is 2.54. The summed E-state index contributed by atoms with van der Waals surface area (Å²) in [5, 5.41) is 7.86. The third-order valence-corrected chi connectivity index (χ3v) is 5.58. The number of aromatic nitrogens is 3. The van der Waals surface area contributed by atoms with E-state index in [1.165, 1.54) is 12.1 Å². The van der Waals surface area contributed by atoms with Crippen LogP contribution in [0, 0.1) is 18.2 Å². The summed E-state index contributed by atoms with van der Waals surface area (Å²) in [6.07, 6.45) is 0. The quantitative estimate of drug-likeness (QED) is 0.924. The van der Waals surface area contributed by atoms with Crippen molar-refractivity contribution < 1.29 is 4.39 Å². The highest BCUT2D eigenvalue weighted by Crippen LogP contribution is 2.48. The van der Waals surface area contributed by atoms with Crippen LogP contribution in [0.4, 0.5) is 4.39 Å². The SMILES string of the molecule is Cc1nc(C2CN(C)CC23CN(Cc2ccc(F)cc2Cl)C3)n[nH]1. The zero-order valence-corrected chi connectivity index (χ0v) is 14.6. The predicted molar refractivity (Wildman–Crippen MR) is 90.5 cm³/mol. The Hall–Kier alpha value is -1.50. The number of benzene rings is 1. The Morgan fingerprint density at radius 1 is 1.38 bits per heavy atom. The summed E-state index contributed by atoms with van der Waals surface area (Å²) in [7, 11) is 2.15. The molecule has 1 aromatic heterocycles. The Balaban J connectivity index is 1.48. The van der Waals surface area contributed by atoms with Gasteiger partial charge in [-0.1, -0.05) is 17.7 Å². The number of halogens is 2. The fourth-order valence-corrected chi connectivity index (χ4v) is 4.48. The number of hydrogen-bond acceptors (Lipinski definition) is 4. The van der Waals surface area contributed by atoms with Gasteiger partial charge in [-0.25, -0.2) is 9.37 Å². The molecule has 0 amide bonds. The van der Waals surface area contributed by atoms with Crippen LogP contribution >= 0.6 is 11.6 Å².